The quantitative estimate of drug-likeness (QED) is 0.291. The average Bonchev–Trinajstić information content (AvgIpc) is 3.31. The highest BCUT2D eigenvalue weighted by Gasteiger charge is 2.26. The molecular weight excluding hydrogens is 554 g/mol. The Hall–Kier alpha value is -3.98. The molecule has 44 heavy (non-hydrogen) atoms. The number of likely N-dealkylation sites (tertiary alicyclic amines) is 1. The number of aliphatic hydroxyl groups excluding tert-OH is 1. The molecule has 1 saturated heterocycles. The second-order valence-electron chi connectivity index (χ2n) is 11.9. The summed E-state index contributed by atoms with van der Waals surface area (Å²) < 4.78 is 1.57. The van der Waals surface area contributed by atoms with Crippen LogP contribution in [0.25, 0.3) is 0 Å². The number of aromatic nitrogens is 2. The molecule has 3 aromatic rings. The first-order chi connectivity index (χ1) is 21.3. The monoisotopic (exact) mass is 601 g/mol. The number of hydrogen-bond acceptors (Lipinski definition) is 5. The van der Waals surface area contributed by atoms with Crippen LogP contribution in [0, 0.1) is 6.92 Å². The van der Waals surface area contributed by atoms with Gasteiger partial charge in [-0.2, -0.15) is 5.10 Å². The van der Waals surface area contributed by atoms with Crippen molar-refractivity contribution < 1.29 is 19.5 Å². The van der Waals surface area contributed by atoms with E-state index in [4.69, 9.17) is 0 Å². The molecule has 3 amide bonds. The van der Waals surface area contributed by atoms with Crippen molar-refractivity contribution >= 4 is 17.7 Å². The summed E-state index contributed by atoms with van der Waals surface area (Å²) in [6.45, 7) is 8.88. The van der Waals surface area contributed by atoms with Gasteiger partial charge in [-0.15, -0.1) is 0 Å². The normalized spacial score (nSPS) is 14.9. The number of hydrogen-bond donors (Lipinski definition) is 2. The standard InChI is InChI=1S/C35H47N5O4/c1-4-15-38(16-5-2)34(43)29-20-26(3)19-28(22-29)33(42)37-31(21-27-13-9-8-10-14-27)32(41)25-40-24-30(23-36-40)35(44)39-17-11-6-7-12-18-39/h8-10,13-14,19-20,22-24,31-32,41H,4-7,11-12,15-18,21,25H2,1-3H3,(H,37,42)/t31-,32-/m0/s1. The van der Waals surface area contributed by atoms with Crippen LogP contribution >= 0.6 is 0 Å². The Morgan fingerprint density at radius 1 is 0.932 bits per heavy atom. The van der Waals surface area contributed by atoms with Crippen molar-refractivity contribution in [1.29, 1.82) is 0 Å². The van der Waals surface area contributed by atoms with Crippen LogP contribution in [0.1, 0.15) is 94.6 Å². The molecule has 0 aliphatic carbocycles. The van der Waals surface area contributed by atoms with E-state index in [2.05, 4.69) is 10.4 Å². The van der Waals surface area contributed by atoms with Crippen molar-refractivity contribution in [3.63, 3.8) is 0 Å². The Morgan fingerprint density at radius 3 is 2.25 bits per heavy atom. The summed E-state index contributed by atoms with van der Waals surface area (Å²) >= 11 is 0. The van der Waals surface area contributed by atoms with Gasteiger partial charge in [0, 0.05) is 43.5 Å². The number of aliphatic hydroxyl groups is 1. The predicted molar refractivity (Wildman–Crippen MR) is 172 cm³/mol. The van der Waals surface area contributed by atoms with E-state index in [9.17, 15) is 19.5 Å². The molecule has 1 fully saturated rings. The lowest BCUT2D eigenvalue weighted by molar-refractivity contribution is 0.0750. The van der Waals surface area contributed by atoms with E-state index in [-0.39, 0.29) is 24.3 Å². The number of nitrogens with zero attached hydrogens (tertiary/aromatic N) is 4. The van der Waals surface area contributed by atoms with Crippen LogP contribution in [0.15, 0.2) is 60.9 Å². The van der Waals surface area contributed by atoms with E-state index in [1.54, 1.807) is 29.2 Å². The lowest BCUT2D eigenvalue weighted by Crippen LogP contribution is -2.46. The fourth-order valence-corrected chi connectivity index (χ4v) is 5.83. The van der Waals surface area contributed by atoms with E-state index in [0.717, 1.165) is 62.7 Å². The molecular formula is C35H47N5O4. The van der Waals surface area contributed by atoms with Crippen LogP contribution in [-0.4, -0.2) is 80.7 Å². The summed E-state index contributed by atoms with van der Waals surface area (Å²) in [5.74, 6) is -0.489. The number of benzene rings is 2. The van der Waals surface area contributed by atoms with Crippen molar-refractivity contribution in [3.05, 3.63) is 88.7 Å². The molecule has 1 aliphatic rings. The smallest absolute Gasteiger partial charge is 0.257 e. The molecule has 9 heteroatoms. The van der Waals surface area contributed by atoms with Crippen LogP contribution in [0.3, 0.4) is 0 Å². The molecule has 1 aromatic heterocycles. The Morgan fingerprint density at radius 2 is 1.59 bits per heavy atom. The van der Waals surface area contributed by atoms with Gasteiger partial charge in [-0.25, -0.2) is 0 Å². The molecule has 236 valence electrons. The predicted octanol–water partition coefficient (Wildman–Crippen LogP) is 4.87. The molecule has 0 radical (unpaired) electrons. The van der Waals surface area contributed by atoms with Gasteiger partial charge in [0.2, 0.25) is 0 Å². The third kappa shape index (κ3) is 9.02. The van der Waals surface area contributed by atoms with E-state index >= 15 is 0 Å². The van der Waals surface area contributed by atoms with Gasteiger partial charge in [0.15, 0.2) is 0 Å². The minimum absolute atomic E-state index is 0.0389. The molecule has 9 nitrogen and oxygen atoms in total. The van der Waals surface area contributed by atoms with Gasteiger partial charge < -0.3 is 20.2 Å². The molecule has 2 N–H and O–H groups in total. The van der Waals surface area contributed by atoms with Crippen LogP contribution in [0.5, 0.6) is 0 Å². The van der Waals surface area contributed by atoms with Gasteiger partial charge in [0.1, 0.15) is 0 Å². The van der Waals surface area contributed by atoms with Gasteiger partial charge in [-0.3, -0.25) is 19.1 Å². The highest BCUT2D eigenvalue weighted by atomic mass is 16.3. The van der Waals surface area contributed by atoms with E-state index < -0.39 is 12.1 Å². The zero-order valence-electron chi connectivity index (χ0n) is 26.4. The molecule has 2 aromatic carbocycles. The zero-order chi connectivity index (χ0) is 31.5. The average molecular weight is 602 g/mol. The van der Waals surface area contributed by atoms with Gasteiger partial charge in [-0.05, 0) is 68.4 Å². The first-order valence-electron chi connectivity index (χ1n) is 16.0. The maximum absolute atomic E-state index is 13.6. The number of carbonyl (C=O) groups is 3. The molecule has 0 unspecified atom stereocenters. The highest BCUT2D eigenvalue weighted by molar-refractivity contribution is 6.00. The lowest BCUT2D eigenvalue weighted by Gasteiger charge is -2.25. The maximum Gasteiger partial charge on any atom is 0.257 e. The second-order valence-corrected chi connectivity index (χ2v) is 11.9. The maximum atomic E-state index is 13.6. The Balaban J connectivity index is 1.51. The van der Waals surface area contributed by atoms with Crippen molar-refractivity contribution in [2.24, 2.45) is 0 Å². The Kier molecular flexibility index (Phi) is 12.1. The number of amides is 3. The van der Waals surface area contributed by atoms with Gasteiger partial charge in [-0.1, -0.05) is 57.0 Å². The summed E-state index contributed by atoms with van der Waals surface area (Å²) in [5, 5.41) is 18.8. The number of carbonyl (C=O) groups excluding carboxylic acids is 3. The van der Waals surface area contributed by atoms with Crippen molar-refractivity contribution in [3.8, 4) is 0 Å². The summed E-state index contributed by atoms with van der Waals surface area (Å²) in [7, 11) is 0. The van der Waals surface area contributed by atoms with Crippen LogP contribution in [-0.2, 0) is 13.0 Å². The third-order valence-electron chi connectivity index (χ3n) is 8.09. The fraction of sp³-hybridized carbons (Fsp3) is 0.486. The van der Waals surface area contributed by atoms with Crippen LogP contribution in [0.2, 0.25) is 0 Å². The molecule has 0 saturated carbocycles. The SMILES string of the molecule is CCCN(CCC)C(=O)c1cc(C)cc(C(=O)N[C@@H](Cc2ccccc2)[C@@H](O)Cn2cc(C(=O)N3CCCCCC3)cn2)c1. The van der Waals surface area contributed by atoms with E-state index in [1.165, 1.54) is 0 Å². The van der Waals surface area contributed by atoms with Gasteiger partial charge >= 0.3 is 0 Å². The highest BCUT2D eigenvalue weighted by Crippen LogP contribution is 2.17. The lowest BCUT2D eigenvalue weighted by atomic mass is 9.99. The van der Waals surface area contributed by atoms with Gasteiger partial charge in [0.25, 0.3) is 17.7 Å². The summed E-state index contributed by atoms with van der Waals surface area (Å²) in [6, 6.07) is 14.3. The summed E-state index contributed by atoms with van der Waals surface area (Å²) in [4.78, 5) is 43.7. The minimum Gasteiger partial charge on any atom is -0.389 e. The second kappa shape index (κ2) is 16.2. The topological polar surface area (TPSA) is 108 Å². The number of nitrogens with one attached hydrogen (secondary N) is 1. The van der Waals surface area contributed by atoms with Gasteiger partial charge in [0.05, 0.1) is 30.5 Å². The first-order valence-corrected chi connectivity index (χ1v) is 16.0. The summed E-state index contributed by atoms with van der Waals surface area (Å²) in [6.07, 6.45) is 8.63. The molecule has 0 bridgehead atoms. The molecule has 1 aliphatic heterocycles. The van der Waals surface area contributed by atoms with Crippen LogP contribution < -0.4 is 5.32 Å². The van der Waals surface area contributed by atoms with Crippen molar-refractivity contribution in [1.82, 2.24) is 24.9 Å². The summed E-state index contributed by atoms with van der Waals surface area (Å²) in [5.41, 5.74) is 3.13. The van der Waals surface area contributed by atoms with Crippen molar-refractivity contribution in [2.75, 3.05) is 26.2 Å². The molecule has 0 spiro atoms. The zero-order valence-corrected chi connectivity index (χ0v) is 26.4. The Bertz CT molecular complexity index is 1370. The molecule has 2 atom stereocenters. The first kappa shape index (κ1) is 32.9. The van der Waals surface area contributed by atoms with E-state index in [0.29, 0.717) is 36.2 Å². The van der Waals surface area contributed by atoms with Crippen molar-refractivity contribution in [2.45, 2.75) is 84.4 Å². The third-order valence-corrected chi connectivity index (χ3v) is 8.09. The number of aryl methyl sites for hydroxylation is 1. The molecule has 2 heterocycles. The minimum atomic E-state index is -0.990. The Labute approximate surface area is 261 Å². The molecule has 4 rings (SSSR count). The fourth-order valence-electron chi connectivity index (χ4n) is 5.83. The van der Waals surface area contributed by atoms with E-state index in [1.807, 2.05) is 67.0 Å². The number of rotatable bonds is 13. The largest absolute Gasteiger partial charge is 0.389 e. The van der Waals surface area contributed by atoms with Crippen LogP contribution in [0.4, 0.5) is 0 Å².